The molecule has 3 heteroatoms. The number of nitrogens with one attached hydrogen (secondary N) is 1. The van der Waals surface area contributed by atoms with Crippen LogP contribution in [-0.2, 0) is 4.74 Å². The maximum absolute atomic E-state index is 7.71. The Morgan fingerprint density at radius 2 is 2.08 bits per heavy atom. The predicted molar refractivity (Wildman–Crippen MR) is 49.6 cm³/mol. The van der Waals surface area contributed by atoms with Gasteiger partial charge < -0.3 is 9.64 Å². The first-order valence-electron chi connectivity index (χ1n) is 4.74. The molecule has 0 aliphatic carbocycles. The Balaban J connectivity index is 2.10. The molecular weight excluding hydrogens is 152 g/mol. The SMILES string of the molecule is CCOCCC(=N)N1CCCC1. The van der Waals surface area contributed by atoms with E-state index in [9.17, 15) is 0 Å². The van der Waals surface area contributed by atoms with Gasteiger partial charge in [-0.2, -0.15) is 0 Å². The Morgan fingerprint density at radius 3 is 2.67 bits per heavy atom. The summed E-state index contributed by atoms with van der Waals surface area (Å²) < 4.78 is 5.20. The minimum Gasteiger partial charge on any atom is -0.381 e. The van der Waals surface area contributed by atoms with Gasteiger partial charge in [0.15, 0.2) is 0 Å². The van der Waals surface area contributed by atoms with Gasteiger partial charge >= 0.3 is 0 Å². The van der Waals surface area contributed by atoms with Gasteiger partial charge in [0.2, 0.25) is 0 Å². The van der Waals surface area contributed by atoms with Crippen LogP contribution in [0.1, 0.15) is 26.2 Å². The molecule has 0 aromatic carbocycles. The van der Waals surface area contributed by atoms with Crippen molar-refractivity contribution >= 4 is 5.84 Å². The lowest BCUT2D eigenvalue weighted by molar-refractivity contribution is 0.153. The van der Waals surface area contributed by atoms with E-state index in [4.69, 9.17) is 10.1 Å². The molecule has 0 bridgehead atoms. The van der Waals surface area contributed by atoms with Crippen LogP contribution in [0.3, 0.4) is 0 Å². The molecule has 1 fully saturated rings. The molecule has 0 unspecified atom stereocenters. The van der Waals surface area contributed by atoms with Gasteiger partial charge in [0.1, 0.15) is 0 Å². The molecule has 0 atom stereocenters. The highest BCUT2D eigenvalue weighted by Crippen LogP contribution is 2.08. The summed E-state index contributed by atoms with van der Waals surface area (Å²) in [5, 5.41) is 7.71. The summed E-state index contributed by atoms with van der Waals surface area (Å²) in [5.41, 5.74) is 0. The van der Waals surface area contributed by atoms with E-state index < -0.39 is 0 Å². The first-order valence-corrected chi connectivity index (χ1v) is 4.74. The Kier molecular flexibility index (Phi) is 4.08. The molecule has 12 heavy (non-hydrogen) atoms. The highest BCUT2D eigenvalue weighted by atomic mass is 16.5. The second-order valence-electron chi connectivity index (χ2n) is 3.09. The van der Waals surface area contributed by atoms with Crippen molar-refractivity contribution in [2.24, 2.45) is 0 Å². The van der Waals surface area contributed by atoms with Crippen molar-refractivity contribution in [3.05, 3.63) is 0 Å². The van der Waals surface area contributed by atoms with Crippen molar-refractivity contribution in [2.75, 3.05) is 26.3 Å². The smallest absolute Gasteiger partial charge is 0.0980 e. The van der Waals surface area contributed by atoms with E-state index in [2.05, 4.69) is 4.90 Å². The number of likely N-dealkylation sites (tertiary alicyclic amines) is 1. The van der Waals surface area contributed by atoms with Gasteiger partial charge in [-0.1, -0.05) is 0 Å². The van der Waals surface area contributed by atoms with Crippen LogP contribution in [0.15, 0.2) is 0 Å². The molecule has 1 saturated heterocycles. The monoisotopic (exact) mass is 170 g/mol. The van der Waals surface area contributed by atoms with Crippen molar-refractivity contribution < 1.29 is 4.74 Å². The number of rotatable bonds is 4. The molecule has 0 aromatic heterocycles. The van der Waals surface area contributed by atoms with E-state index in [0.29, 0.717) is 6.61 Å². The lowest BCUT2D eigenvalue weighted by Crippen LogP contribution is -2.27. The summed E-state index contributed by atoms with van der Waals surface area (Å²) in [6, 6.07) is 0. The van der Waals surface area contributed by atoms with Crippen molar-refractivity contribution in [3.8, 4) is 0 Å². The third-order valence-electron chi connectivity index (χ3n) is 2.18. The molecule has 70 valence electrons. The molecule has 1 aliphatic heterocycles. The number of ether oxygens (including phenoxy) is 1. The zero-order valence-corrected chi connectivity index (χ0v) is 7.81. The van der Waals surface area contributed by atoms with Crippen LogP contribution in [0.25, 0.3) is 0 Å². The average molecular weight is 170 g/mol. The normalized spacial score (nSPS) is 16.9. The lowest BCUT2D eigenvalue weighted by atomic mass is 10.4. The summed E-state index contributed by atoms with van der Waals surface area (Å²) in [7, 11) is 0. The van der Waals surface area contributed by atoms with Crippen LogP contribution in [0.5, 0.6) is 0 Å². The molecule has 1 heterocycles. The fourth-order valence-electron chi connectivity index (χ4n) is 1.46. The summed E-state index contributed by atoms with van der Waals surface area (Å²) in [5.74, 6) is 0.751. The average Bonchev–Trinajstić information content (AvgIpc) is 2.56. The van der Waals surface area contributed by atoms with Crippen LogP contribution in [0, 0.1) is 5.41 Å². The van der Waals surface area contributed by atoms with Crippen molar-refractivity contribution in [1.82, 2.24) is 4.90 Å². The zero-order chi connectivity index (χ0) is 8.81. The molecule has 0 aromatic rings. The summed E-state index contributed by atoms with van der Waals surface area (Å²) in [6.07, 6.45) is 3.27. The highest BCUT2D eigenvalue weighted by Gasteiger charge is 2.13. The summed E-state index contributed by atoms with van der Waals surface area (Å²) >= 11 is 0. The minimum absolute atomic E-state index is 0.700. The summed E-state index contributed by atoms with van der Waals surface area (Å²) in [6.45, 7) is 5.59. The fraction of sp³-hybridized carbons (Fsp3) is 0.889. The van der Waals surface area contributed by atoms with E-state index in [-0.39, 0.29) is 0 Å². The Labute approximate surface area is 74.2 Å². The number of hydrogen-bond acceptors (Lipinski definition) is 2. The van der Waals surface area contributed by atoms with Gasteiger partial charge in [-0.25, -0.2) is 0 Å². The standard InChI is InChI=1S/C9H18N2O/c1-2-12-8-5-9(10)11-6-3-4-7-11/h10H,2-8H2,1H3. The van der Waals surface area contributed by atoms with Crippen LogP contribution < -0.4 is 0 Å². The van der Waals surface area contributed by atoms with Gasteiger partial charge in [-0.05, 0) is 19.8 Å². The number of hydrogen-bond donors (Lipinski definition) is 1. The van der Waals surface area contributed by atoms with Crippen molar-refractivity contribution in [2.45, 2.75) is 26.2 Å². The fourth-order valence-corrected chi connectivity index (χ4v) is 1.46. The van der Waals surface area contributed by atoms with Gasteiger partial charge in [0.25, 0.3) is 0 Å². The quantitative estimate of drug-likeness (QED) is 0.394. The molecule has 0 radical (unpaired) electrons. The maximum atomic E-state index is 7.71. The molecule has 0 saturated carbocycles. The minimum atomic E-state index is 0.700. The lowest BCUT2D eigenvalue weighted by Gasteiger charge is -2.17. The van der Waals surface area contributed by atoms with E-state index in [1.54, 1.807) is 0 Å². The predicted octanol–water partition coefficient (Wildman–Crippen LogP) is 1.49. The second kappa shape index (κ2) is 5.14. The largest absolute Gasteiger partial charge is 0.381 e. The van der Waals surface area contributed by atoms with Crippen LogP contribution in [0.4, 0.5) is 0 Å². The Hall–Kier alpha value is -0.570. The molecular formula is C9H18N2O. The molecule has 1 rings (SSSR count). The zero-order valence-electron chi connectivity index (χ0n) is 7.81. The first-order chi connectivity index (χ1) is 5.84. The van der Waals surface area contributed by atoms with Crippen molar-refractivity contribution in [1.29, 1.82) is 5.41 Å². The Bertz CT molecular complexity index is 141. The summed E-state index contributed by atoms with van der Waals surface area (Å²) in [4.78, 5) is 2.15. The van der Waals surface area contributed by atoms with E-state index in [0.717, 1.165) is 32.0 Å². The third-order valence-corrected chi connectivity index (χ3v) is 2.18. The van der Waals surface area contributed by atoms with Gasteiger partial charge in [-0.15, -0.1) is 0 Å². The molecule has 0 spiro atoms. The molecule has 3 nitrogen and oxygen atoms in total. The van der Waals surface area contributed by atoms with Gasteiger partial charge in [-0.3, -0.25) is 5.41 Å². The highest BCUT2D eigenvalue weighted by molar-refractivity contribution is 5.79. The molecule has 1 N–H and O–H groups in total. The second-order valence-corrected chi connectivity index (χ2v) is 3.09. The van der Waals surface area contributed by atoms with Crippen LogP contribution in [0.2, 0.25) is 0 Å². The number of amidine groups is 1. The topological polar surface area (TPSA) is 36.3 Å². The molecule has 1 aliphatic rings. The van der Waals surface area contributed by atoms with Crippen LogP contribution in [-0.4, -0.2) is 37.0 Å². The molecule has 0 amide bonds. The third kappa shape index (κ3) is 2.81. The first kappa shape index (κ1) is 9.52. The van der Waals surface area contributed by atoms with E-state index in [1.165, 1.54) is 12.8 Å². The van der Waals surface area contributed by atoms with E-state index in [1.807, 2.05) is 6.92 Å². The number of nitrogens with zero attached hydrogens (tertiary/aromatic N) is 1. The van der Waals surface area contributed by atoms with Crippen molar-refractivity contribution in [3.63, 3.8) is 0 Å². The van der Waals surface area contributed by atoms with Gasteiger partial charge in [0, 0.05) is 26.1 Å². The maximum Gasteiger partial charge on any atom is 0.0980 e. The van der Waals surface area contributed by atoms with Gasteiger partial charge in [0.05, 0.1) is 12.4 Å². The van der Waals surface area contributed by atoms with E-state index >= 15 is 0 Å². The Morgan fingerprint density at radius 1 is 1.42 bits per heavy atom. The van der Waals surface area contributed by atoms with Crippen LogP contribution >= 0.6 is 0 Å².